The van der Waals surface area contributed by atoms with Crippen LogP contribution in [0, 0.1) is 0 Å². The number of benzene rings is 1. The van der Waals surface area contributed by atoms with E-state index in [0.717, 1.165) is 5.75 Å². The minimum absolute atomic E-state index is 0.243. The summed E-state index contributed by atoms with van der Waals surface area (Å²) in [5.74, 6) is 0.541. The third-order valence-corrected chi connectivity index (χ3v) is 3.99. The standard InChI is InChI=1S/C14H12Cl2N2OS/c15-12-9-18-13(16)8-11(12)14(19)17-6-7-20-10-4-2-1-3-5-10/h1-5,8-9H,6-7H2,(H,17,19). The number of halogens is 2. The zero-order chi connectivity index (χ0) is 14.4. The van der Waals surface area contributed by atoms with E-state index >= 15 is 0 Å². The Morgan fingerprint density at radius 1 is 1.25 bits per heavy atom. The van der Waals surface area contributed by atoms with E-state index in [0.29, 0.717) is 17.1 Å². The maximum atomic E-state index is 11.9. The van der Waals surface area contributed by atoms with Crippen molar-refractivity contribution in [1.82, 2.24) is 10.3 Å². The molecule has 1 N–H and O–H groups in total. The van der Waals surface area contributed by atoms with E-state index in [1.165, 1.54) is 17.2 Å². The first kappa shape index (κ1) is 15.2. The molecule has 0 saturated carbocycles. The number of hydrogen-bond donors (Lipinski definition) is 1. The van der Waals surface area contributed by atoms with E-state index in [1.54, 1.807) is 11.8 Å². The van der Waals surface area contributed by atoms with E-state index in [9.17, 15) is 4.79 Å². The van der Waals surface area contributed by atoms with Crippen molar-refractivity contribution in [3.05, 3.63) is 58.3 Å². The normalized spacial score (nSPS) is 10.3. The average Bonchev–Trinajstić information content (AvgIpc) is 2.47. The number of carbonyl (C=O) groups is 1. The molecule has 0 aliphatic rings. The highest BCUT2D eigenvalue weighted by Gasteiger charge is 2.10. The molecular formula is C14H12Cl2N2OS. The summed E-state index contributed by atoms with van der Waals surface area (Å²) < 4.78 is 0. The zero-order valence-corrected chi connectivity index (χ0v) is 12.8. The van der Waals surface area contributed by atoms with Crippen molar-refractivity contribution in [1.29, 1.82) is 0 Å². The van der Waals surface area contributed by atoms with Gasteiger partial charge in [0.15, 0.2) is 0 Å². The summed E-state index contributed by atoms with van der Waals surface area (Å²) in [7, 11) is 0. The van der Waals surface area contributed by atoms with Crippen molar-refractivity contribution in [2.45, 2.75) is 4.90 Å². The summed E-state index contributed by atoms with van der Waals surface area (Å²) in [6.45, 7) is 0.550. The summed E-state index contributed by atoms with van der Waals surface area (Å²) in [5.41, 5.74) is 0.344. The molecule has 1 heterocycles. The molecule has 104 valence electrons. The Balaban J connectivity index is 1.82. The van der Waals surface area contributed by atoms with Gasteiger partial charge >= 0.3 is 0 Å². The lowest BCUT2D eigenvalue weighted by molar-refractivity contribution is 0.0956. The molecule has 0 unspecified atom stereocenters. The molecule has 0 atom stereocenters. The van der Waals surface area contributed by atoms with Gasteiger partial charge in [-0.15, -0.1) is 11.8 Å². The summed E-state index contributed by atoms with van der Waals surface area (Å²) in [4.78, 5) is 16.9. The first-order chi connectivity index (χ1) is 9.66. The van der Waals surface area contributed by atoms with Crippen molar-refractivity contribution < 1.29 is 4.79 Å². The van der Waals surface area contributed by atoms with Crippen LogP contribution in [0.3, 0.4) is 0 Å². The quantitative estimate of drug-likeness (QED) is 0.514. The molecule has 1 amide bonds. The summed E-state index contributed by atoms with van der Waals surface area (Å²) in [6, 6.07) is 11.5. The number of thioether (sulfide) groups is 1. The number of amides is 1. The molecule has 0 fully saturated rings. The zero-order valence-electron chi connectivity index (χ0n) is 10.5. The Hall–Kier alpha value is -1.23. The molecule has 0 spiro atoms. The van der Waals surface area contributed by atoms with Gasteiger partial charge in [-0.1, -0.05) is 41.4 Å². The maximum absolute atomic E-state index is 11.9. The van der Waals surface area contributed by atoms with Gasteiger partial charge in [0.05, 0.1) is 10.6 Å². The summed E-state index contributed by atoms with van der Waals surface area (Å²) in [5, 5.41) is 3.35. The molecule has 6 heteroatoms. The van der Waals surface area contributed by atoms with Gasteiger partial charge in [-0.25, -0.2) is 4.98 Å². The Morgan fingerprint density at radius 3 is 2.75 bits per heavy atom. The number of aromatic nitrogens is 1. The fourth-order valence-corrected chi connectivity index (χ4v) is 2.67. The molecule has 0 bridgehead atoms. The molecule has 1 aromatic carbocycles. The largest absolute Gasteiger partial charge is 0.351 e. The van der Waals surface area contributed by atoms with Gasteiger partial charge in [0, 0.05) is 23.4 Å². The predicted molar refractivity (Wildman–Crippen MR) is 83.8 cm³/mol. The van der Waals surface area contributed by atoms with Gasteiger partial charge in [-0.2, -0.15) is 0 Å². The summed E-state index contributed by atoms with van der Waals surface area (Å²) in [6.07, 6.45) is 1.37. The third kappa shape index (κ3) is 4.40. The molecule has 2 aromatic rings. The van der Waals surface area contributed by atoms with E-state index in [4.69, 9.17) is 23.2 Å². The lowest BCUT2D eigenvalue weighted by Gasteiger charge is -2.06. The number of rotatable bonds is 5. The Morgan fingerprint density at radius 2 is 2.00 bits per heavy atom. The molecule has 0 saturated heterocycles. The van der Waals surface area contributed by atoms with Gasteiger partial charge in [-0.05, 0) is 18.2 Å². The smallest absolute Gasteiger partial charge is 0.252 e. The first-order valence-electron chi connectivity index (χ1n) is 5.94. The second-order valence-corrected chi connectivity index (χ2v) is 5.87. The third-order valence-electron chi connectivity index (χ3n) is 2.47. The van der Waals surface area contributed by atoms with Crippen LogP contribution in [0.25, 0.3) is 0 Å². The van der Waals surface area contributed by atoms with Gasteiger partial charge in [0.25, 0.3) is 5.91 Å². The molecule has 2 rings (SSSR count). The summed E-state index contributed by atoms with van der Waals surface area (Å²) >= 11 is 13.3. The fraction of sp³-hybridized carbons (Fsp3) is 0.143. The van der Waals surface area contributed by atoms with Crippen LogP contribution >= 0.6 is 35.0 Å². The minimum atomic E-state index is -0.243. The number of nitrogens with zero attached hydrogens (tertiary/aromatic N) is 1. The van der Waals surface area contributed by atoms with Crippen molar-refractivity contribution in [2.24, 2.45) is 0 Å². The second-order valence-electron chi connectivity index (χ2n) is 3.90. The Bertz CT molecular complexity index is 593. The molecule has 0 aliphatic heterocycles. The van der Waals surface area contributed by atoms with E-state index in [-0.39, 0.29) is 11.1 Å². The van der Waals surface area contributed by atoms with Crippen LogP contribution in [-0.2, 0) is 0 Å². The van der Waals surface area contributed by atoms with Crippen molar-refractivity contribution >= 4 is 40.9 Å². The highest BCUT2D eigenvalue weighted by molar-refractivity contribution is 7.99. The first-order valence-corrected chi connectivity index (χ1v) is 7.68. The Kier molecular flexibility index (Phi) is 5.71. The number of nitrogens with one attached hydrogen (secondary N) is 1. The van der Waals surface area contributed by atoms with E-state index < -0.39 is 0 Å². The monoisotopic (exact) mass is 326 g/mol. The van der Waals surface area contributed by atoms with Crippen LogP contribution in [0.4, 0.5) is 0 Å². The van der Waals surface area contributed by atoms with Gasteiger partial charge in [-0.3, -0.25) is 4.79 Å². The minimum Gasteiger partial charge on any atom is -0.351 e. The van der Waals surface area contributed by atoms with Crippen LogP contribution < -0.4 is 5.32 Å². The van der Waals surface area contributed by atoms with Crippen LogP contribution in [0.1, 0.15) is 10.4 Å². The van der Waals surface area contributed by atoms with Crippen LogP contribution in [0.5, 0.6) is 0 Å². The molecule has 0 aliphatic carbocycles. The van der Waals surface area contributed by atoms with Gasteiger partial charge in [0.1, 0.15) is 5.15 Å². The van der Waals surface area contributed by atoms with Gasteiger partial charge < -0.3 is 5.32 Å². The van der Waals surface area contributed by atoms with Crippen LogP contribution in [0.15, 0.2) is 47.5 Å². The van der Waals surface area contributed by atoms with E-state index in [1.807, 2.05) is 30.3 Å². The molecule has 3 nitrogen and oxygen atoms in total. The second kappa shape index (κ2) is 7.53. The predicted octanol–water partition coefficient (Wildman–Crippen LogP) is 3.91. The lowest BCUT2D eigenvalue weighted by Crippen LogP contribution is -2.26. The average molecular weight is 327 g/mol. The lowest BCUT2D eigenvalue weighted by atomic mass is 10.2. The number of carbonyl (C=O) groups excluding carboxylic acids is 1. The van der Waals surface area contributed by atoms with Crippen LogP contribution in [0.2, 0.25) is 10.2 Å². The maximum Gasteiger partial charge on any atom is 0.252 e. The van der Waals surface area contributed by atoms with Crippen LogP contribution in [-0.4, -0.2) is 23.2 Å². The van der Waals surface area contributed by atoms with E-state index in [2.05, 4.69) is 10.3 Å². The van der Waals surface area contributed by atoms with Gasteiger partial charge in [0.2, 0.25) is 0 Å². The molecular weight excluding hydrogens is 315 g/mol. The fourth-order valence-electron chi connectivity index (χ4n) is 1.53. The molecule has 1 aromatic heterocycles. The Labute approximate surface area is 131 Å². The van der Waals surface area contributed by atoms with Crippen molar-refractivity contribution in [3.63, 3.8) is 0 Å². The highest BCUT2D eigenvalue weighted by Crippen LogP contribution is 2.18. The molecule has 0 radical (unpaired) electrons. The highest BCUT2D eigenvalue weighted by atomic mass is 35.5. The van der Waals surface area contributed by atoms with Crippen molar-refractivity contribution in [3.8, 4) is 0 Å². The SMILES string of the molecule is O=C(NCCSc1ccccc1)c1cc(Cl)ncc1Cl. The topological polar surface area (TPSA) is 42.0 Å². The number of pyridine rings is 1. The molecule has 20 heavy (non-hydrogen) atoms. The van der Waals surface area contributed by atoms with Crippen molar-refractivity contribution in [2.75, 3.05) is 12.3 Å². The number of hydrogen-bond acceptors (Lipinski definition) is 3.